The molecule has 1 atom stereocenters. The van der Waals surface area contributed by atoms with Gasteiger partial charge in [-0.1, -0.05) is 30.7 Å². The Balaban J connectivity index is 2.77. The Bertz CT molecular complexity index is 354. The highest BCUT2D eigenvalue weighted by molar-refractivity contribution is 8.13. The topological polar surface area (TPSA) is 34.1 Å². The molecular weight excluding hydrogens is 208 g/mol. The van der Waals surface area contributed by atoms with Gasteiger partial charge in [-0.3, -0.25) is 0 Å². The van der Waals surface area contributed by atoms with Crippen LogP contribution < -0.4 is 0 Å². The summed E-state index contributed by atoms with van der Waals surface area (Å²) in [7, 11) is 1.80. The van der Waals surface area contributed by atoms with Crippen LogP contribution in [-0.2, 0) is 9.05 Å². The fourth-order valence-electron chi connectivity index (χ4n) is 1.36. The molecule has 74 valence electrons. The predicted octanol–water partition coefficient (Wildman–Crippen LogP) is 2.47. The van der Waals surface area contributed by atoms with E-state index in [1.165, 1.54) is 5.57 Å². The summed E-state index contributed by atoms with van der Waals surface area (Å²) >= 11 is 0. The van der Waals surface area contributed by atoms with Gasteiger partial charge in [0.05, 0.1) is 5.75 Å². The van der Waals surface area contributed by atoms with Crippen LogP contribution in [0.1, 0.15) is 20.3 Å². The summed E-state index contributed by atoms with van der Waals surface area (Å²) < 4.78 is 21.8. The van der Waals surface area contributed by atoms with Gasteiger partial charge in [-0.2, -0.15) is 0 Å². The first kappa shape index (κ1) is 10.8. The van der Waals surface area contributed by atoms with Crippen molar-refractivity contribution in [1.82, 2.24) is 0 Å². The molecule has 1 aliphatic carbocycles. The van der Waals surface area contributed by atoms with Gasteiger partial charge in [-0.15, -0.1) is 0 Å². The average Bonchev–Trinajstić information content (AvgIpc) is 1.92. The van der Waals surface area contributed by atoms with Crippen molar-refractivity contribution in [1.29, 1.82) is 0 Å². The minimum Gasteiger partial charge on any atom is -0.212 e. The highest BCUT2D eigenvalue weighted by atomic mass is 35.7. The van der Waals surface area contributed by atoms with E-state index in [0.29, 0.717) is 0 Å². The second-order valence-corrected chi connectivity index (χ2v) is 6.60. The van der Waals surface area contributed by atoms with Crippen LogP contribution in [0.4, 0.5) is 0 Å². The van der Waals surface area contributed by atoms with Crippen LogP contribution in [-0.4, -0.2) is 14.2 Å². The Hall–Kier alpha value is -0.280. The maximum atomic E-state index is 10.9. The lowest BCUT2D eigenvalue weighted by Gasteiger charge is -2.25. The van der Waals surface area contributed by atoms with E-state index < -0.39 is 9.05 Å². The summed E-state index contributed by atoms with van der Waals surface area (Å²) in [5, 5.41) is 0. The summed E-state index contributed by atoms with van der Waals surface area (Å²) in [6.07, 6.45) is 6.62. The fourth-order valence-corrected chi connectivity index (χ4v) is 3.11. The lowest BCUT2D eigenvalue weighted by atomic mass is 9.84. The number of hydrogen-bond acceptors (Lipinski definition) is 2. The Labute approximate surface area is 83.7 Å². The van der Waals surface area contributed by atoms with Crippen LogP contribution in [0.3, 0.4) is 0 Å². The van der Waals surface area contributed by atoms with Gasteiger partial charge in [0.2, 0.25) is 9.05 Å². The Morgan fingerprint density at radius 2 is 2.23 bits per heavy atom. The van der Waals surface area contributed by atoms with Crippen LogP contribution in [0.15, 0.2) is 23.8 Å². The van der Waals surface area contributed by atoms with Gasteiger partial charge < -0.3 is 0 Å². The van der Waals surface area contributed by atoms with E-state index in [4.69, 9.17) is 10.7 Å². The molecule has 0 saturated carbocycles. The van der Waals surface area contributed by atoms with Crippen LogP contribution in [0.2, 0.25) is 0 Å². The van der Waals surface area contributed by atoms with E-state index in [9.17, 15) is 8.42 Å². The molecule has 0 N–H and O–H groups in total. The maximum absolute atomic E-state index is 10.9. The van der Waals surface area contributed by atoms with E-state index in [1.54, 1.807) is 0 Å². The molecule has 1 unspecified atom stereocenters. The molecule has 0 saturated heterocycles. The highest BCUT2D eigenvalue weighted by Crippen LogP contribution is 2.31. The summed E-state index contributed by atoms with van der Waals surface area (Å²) in [4.78, 5) is 0. The number of allylic oxidation sites excluding steroid dienone is 4. The quantitative estimate of drug-likeness (QED) is 0.670. The van der Waals surface area contributed by atoms with E-state index in [1.807, 2.05) is 32.1 Å². The highest BCUT2D eigenvalue weighted by Gasteiger charge is 2.27. The van der Waals surface area contributed by atoms with Gasteiger partial charge in [0.15, 0.2) is 0 Å². The molecule has 0 heterocycles. The van der Waals surface area contributed by atoms with E-state index in [0.717, 1.165) is 6.42 Å². The predicted molar refractivity (Wildman–Crippen MR) is 55.3 cm³/mol. The summed E-state index contributed by atoms with van der Waals surface area (Å²) in [6, 6.07) is 0. The van der Waals surface area contributed by atoms with E-state index >= 15 is 0 Å². The van der Waals surface area contributed by atoms with Gasteiger partial charge in [-0.25, -0.2) is 8.42 Å². The van der Waals surface area contributed by atoms with Crippen molar-refractivity contribution in [2.24, 2.45) is 5.41 Å². The van der Waals surface area contributed by atoms with E-state index in [2.05, 4.69) is 0 Å². The van der Waals surface area contributed by atoms with Crippen molar-refractivity contribution in [2.45, 2.75) is 20.3 Å². The summed E-state index contributed by atoms with van der Waals surface area (Å²) in [6.45, 7) is 3.89. The lowest BCUT2D eigenvalue weighted by molar-refractivity contribution is 0.477. The van der Waals surface area contributed by atoms with Crippen molar-refractivity contribution in [2.75, 3.05) is 5.75 Å². The molecule has 1 aliphatic rings. The minimum absolute atomic E-state index is 0.00182. The summed E-state index contributed by atoms with van der Waals surface area (Å²) in [5.74, 6) is 0.00182. The minimum atomic E-state index is -3.41. The third-order valence-electron chi connectivity index (χ3n) is 2.14. The smallest absolute Gasteiger partial charge is 0.212 e. The Morgan fingerprint density at radius 3 is 2.62 bits per heavy atom. The summed E-state index contributed by atoms with van der Waals surface area (Å²) in [5.41, 5.74) is 0.838. The molecule has 0 bridgehead atoms. The fraction of sp³-hybridized carbons (Fsp3) is 0.556. The van der Waals surface area contributed by atoms with Crippen molar-refractivity contribution in [3.63, 3.8) is 0 Å². The molecule has 0 aliphatic heterocycles. The van der Waals surface area contributed by atoms with Gasteiger partial charge in [0, 0.05) is 16.1 Å². The molecular formula is C9H13ClO2S. The first-order valence-corrected chi connectivity index (χ1v) is 6.57. The standard InChI is InChI=1S/C9H13ClO2S/c1-8-3-5-9(2,6-4-8)7-13(10,11)12/h3-5H,6-7H2,1-2H3. The van der Waals surface area contributed by atoms with Crippen molar-refractivity contribution < 1.29 is 8.42 Å². The maximum Gasteiger partial charge on any atom is 0.233 e. The van der Waals surface area contributed by atoms with Gasteiger partial charge in [-0.05, 0) is 13.3 Å². The second-order valence-electron chi connectivity index (χ2n) is 3.82. The number of rotatable bonds is 2. The lowest BCUT2D eigenvalue weighted by Crippen LogP contribution is -2.23. The second kappa shape index (κ2) is 3.46. The van der Waals surface area contributed by atoms with E-state index in [-0.39, 0.29) is 11.2 Å². The molecule has 13 heavy (non-hydrogen) atoms. The molecule has 0 fully saturated rings. The molecule has 2 nitrogen and oxygen atoms in total. The normalized spacial score (nSPS) is 28.7. The third kappa shape index (κ3) is 3.53. The van der Waals surface area contributed by atoms with Crippen LogP contribution in [0.5, 0.6) is 0 Å². The van der Waals surface area contributed by atoms with Crippen LogP contribution >= 0.6 is 10.7 Å². The molecule has 0 spiro atoms. The largest absolute Gasteiger partial charge is 0.233 e. The van der Waals surface area contributed by atoms with Crippen molar-refractivity contribution in [3.05, 3.63) is 23.8 Å². The Kier molecular flexibility index (Phi) is 2.88. The van der Waals surface area contributed by atoms with Gasteiger partial charge in [0.25, 0.3) is 0 Å². The SMILES string of the molecule is CC1=CCC(C)(CS(=O)(=O)Cl)C=C1. The number of hydrogen-bond donors (Lipinski definition) is 0. The average molecular weight is 221 g/mol. The van der Waals surface area contributed by atoms with Crippen LogP contribution in [0, 0.1) is 5.41 Å². The third-order valence-corrected chi connectivity index (χ3v) is 3.47. The first-order chi connectivity index (χ1) is 5.81. The number of halogens is 1. The molecule has 0 amide bonds. The molecule has 0 aromatic rings. The van der Waals surface area contributed by atoms with Crippen molar-refractivity contribution >= 4 is 19.7 Å². The Morgan fingerprint density at radius 1 is 1.62 bits per heavy atom. The monoisotopic (exact) mass is 220 g/mol. The van der Waals surface area contributed by atoms with Crippen molar-refractivity contribution in [3.8, 4) is 0 Å². The van der Waals surface area contributed by atoms with Crippen LogP contribution in [0.25, 0.3) is 0 Å². The molecule has 0 radical (unpaired) electrons. The zero-order valence-corrected chi connectivity index (χ0v) is 9.32. The van der Waals surface area contributed by atoms with Gasteiger partial charge >= 0.3 is 0 Å². The molecule has 0 aromatic carbocycles. The first-order valence-electron chi connectivity index (χ1n) is 4.09. The zero-order valence-electron chi connectivity index (χ0n) is 7.75. The van der Waals surface area contributed by atoms with Gasteiger partial charge in [0.1, 0.15) is 0 Å². The molecule has 4 heteroatoms. The zero-order chi connectivity index (χ0) is 10.1. The molecule has 1 rings (SSSR count). The molecule has 0 aromatic heterocycles.